The zero-order valence-corrected chi connectivity index (χ0v) is 24.8. The molecule has 0 aromatic heterocycles. The number of fused-ring (bicyclic) bond motifs is 1. The summed E-state index contributed by atoms with van der Waals surface area (Å²) < 4.78 is 101. The van der Waals surface area contributed by atoms with Crippen molar-refractivity contribution < 1.29 is 78.7 Å². The van der Waals surface area contributed by atoms with E-state index in [2.05, 4.69) is 28.8 Å². The normalized spacial score (nSPS) is 22.3. The van der Waals surface area contributed by atoms with Crippen molar-refractivity contribution in [3.8, 4) is 0 Å². The predicted molar refractivity (Wildman–Crippen MR) is 137 cm³/mol. The van der Waals surface area contributed by atoms with E-state index < -0.39 is 36.4 Å². The molecule has 0 unspecified atom stereocenters. The summed E-state index contributed by atoms with van der Waals surface area (Å²) >= 11 is 0. The fourth-order valence-corrected chi connectivity index (χ4v) is 4.57. The number of likely N-dealkylation sites (N-methyl/N-ethyl adjacent to an activating group) is 1. The van der Waals surface area contributed by atoms with Crippen LogP contribution in [0.2, 0.25) is 0 Å². The topological polar surface area (TPSA) is 148 Å². The lowest BCUT2D eigenvalue weighted by Crippen LogP contribution is -2.43. The lowest BCUT2D eigenvalue weighted by Gasteiger charge is -2.31. The quantitative estimate of drug-likeness (QED) is 0.269. The van der Waals surface area contributed by atoms with Crippen molar-refractivity contribution in [1.29, 1.82) is 0 Å². The van der Waals surface area contributed by atoms with E-state index in [-0.39, 0.29) is 11.4 Å². The van der Waals surface area contributed by atoms with Crippen LogP contribution >= 0.6 is 0 Å². The van der Waals surface area contributed by atoms with Crippen LogP contribution < -0.4 is 0 Å². The van der Waals surface area contributed by atoms with Gasteiger partial charge in [-0.25, -0.2) is 14.4 Å². The van der Waals surface area contributed by atoms with Crippen LogP contribution in [0.5, 0.6) is 0 Å². The van der Waals surface area contributed by atoms with Gasteiger partial charge in [0.15, 0.2) is 0 Å². The molecule has 11 nitrogen and oxygen atoms in total. The molecule has 0 aromatic rings. The van der Waals surface area contributed by atoms with Gasteiger partial charge >= 0.3 is 42.4 Å². The number of aliphatic carboxylic acids is 3. The lowest BCUT2D eigenvalue weighted by molar-refractivity contribution is -0.193. The second-order valence-electron chi connectivity index (χ2n) is 10.8. The molecule has 1 saturated carbocycles. The van der Waals surface area contributed by atoms with Crippen molar-refractivity contribution in [2.45, 2.75) is 51.1 Å². The molecule has 20 heteroatoms. The third-order valence-electron chi connectivity index (χ3n) is 6.83. The van der Waals surface area contributed by atoms with Gasteiger partial charge in [0.1, 0.15) is 0 Å². The van der Waals surface area contributed by atoms with E-state index in [1.807, 2.05) is 6.92 Å². The number of hydrogen-bond donors (Lipinski definition) is 3. The lowest BCUT2D eigenvalue weighted by atomic mass is 9.75. The number of hydrogen-bond acceptors (Lipinski definition) is 8. The highest BCUT2D eigenvalue weighted by Gasteiger charge is 2.54. The van der Waals surface area contributed by atoms with Crippen LogP contribution in [0.3, 0.4) is 0 Å². The van der Waals surface area contributed by atoms with Gasteiger partial charge in [0, 0.05) is 45.2 Å². The van der Waals surface area contributed by atoms with E-state index >= 15 is 0 Å². The van der Waals surface area contributed by atoms with Gasteiger partial charge in [0.25, 0.3) is 0 Å². The van der Waals surface area contributed by atoms with E-state index in [9.17, 15) is 44.3 Å². The summed E-state index contributed by atoms with van der Waals surface area (Å²) in [5.41, 5.74) is -0.263. The average molecular weight is 680 g/mol. The van der Waals surface area contributed by atoms with Crippen molar-refractivity contribution in [1.82, 2.24) is 14.7 Å². The first-order valence-corrected chi connectivity index (χ1v) is 13.5. The molecule has 0 amide bonds. The molecule has 2 saturated heterocycles. The Kier molecular flexibility index (Phi) is 16.6. The van der Waals surface area contributed by atoms with Crippen LogP contribution in [0.4, 0.5) is 39.5 Å². The highest BCUT2D eigenvalue weighted by atomic mass is 19.4. The number of likely N-dealkylation sites (tertiary alicyclic amines) is 2. The highest BCUT2D eigenvalue weighted by molar-refractivity contribution is 5.78. The van der Waals surface area contributed by atoms with Gasteiger partial charge in [0.05, 0.1) is 12.0 Å². The van der Waals surface area contributed by atoms with E-state index in [4.69, 9.17) is 34.4 Å². The molecular weight excluding hydrogens is 641 g/mol. The fourth-order valence-electron chi connectivity index (χ4n) is 4.57. The minimum atomic E-state index is -5.08. The molecule has 3 N–H and O–H groups in total. The van der Waals surface area contributed by atoms with E-state index in [0.717, 1.165) is 58.0 Å². The first-order chi connectivity index (χ1) is 20.4. The molecule has 2 heterocycles. The second-order valence-corrected chi connectivity index (χ2v) is 10.8. The number of carboxylic acids is 3. The third kappa shape index (κ3) is 16.3. The maximum absolute atomic E-state index is 12.9. The van der Waals surface area contributed by atoms with Crippen molar-refractivity contribution in [2.24, 2.45) is 17.3 Å². The number of carbonyl (C=O) groups is 4. The van der Waals surface area contributed by atoms with Crippen molar-refractivity contribution in [2.75, 3.05) is 66.5 Å². The Hall–Kier alpha value is -2.87. The fraction of sp³-hybridized carbons (Fsp3) is 0.840. The molecule has 1 aliphatic carbocycles. The average Bonchev–Trinajstić information content (AvgIpc) is 3.65. The summed E-state index contributed by atoms with van der Waals surface area (Å²) in [5.74, 6) is -6.85. The molecular formula is C25H38F9N3O8. The minimum Gasteiger partial charge on any atom is -0.475 e. The maximum atomic E-state index is 12.9. The number of esters is 1. The molecule has 264 valence electrons. The zero-order valence-electron chi connectivity index (χ0n) is 24.8. The molecule has 0 spiro atoms. The van der Waals surface area contributed by atoms with Crippen molar-refractivity contribution in [3.05, 3.63) is 0 Å². The number of carboxylic acid groups (broad SMARTS) is 3. The van der Waals surface area contributed by atoms with Crippen LogP contribution in [0, 0.1) is 17.3 Å². The predicted octanol–water partition coefficient (Wildman–Crippen LogP) is 3.44. The number of ether oxygens (including phenoxy) is 1. The van der Waals surface area contributed by atoms with E-state index in [1.165, 1.54) is 19.4 Å². The number of carbonyl (C=O) groups excluding carboxylic acids is 1. The Bertz CT molecular complexity index is 916. The van der Waals surface area contributed by atoms with Crippen LogP contribution in [0.1, 0.15) is 32.6 Å². The van der Waals surface area contributed by atoms with E-state index in [1.54, 1.807) is 0 Å². The summed E-state index contributed by atoms with van der Waals surface area (Å²) in [6, 6.07) is 0. The summed E-state index contributed by atoms with van der Waals surface area (Å²) in [7, 11) is 4.24. The number of nitrogens with zero attached hydrogens (tertiary/aromatic N) is 3. The largest absolute Gasteiger partial charge is 0.490 e. The van der Waals surface area contributed by atoms with Crippen LogP contribution in [0.25, 0.3) is 0 Å². The maximum Gasteiger partial charge on any atom is 0.490 e. The summed E-state index contributed by atoms with van der Waals surface area (Å²) in [4.78, 5) is 47.0. The number of rotatable bonds is 7. The van der Waals surface area contributed by atoms with Crippen LogP contribution in [-0.4, -0.2) is 139 Å². The Morgan fingerprint density at radius 3 is 1.60 bits per heavy atom. The first-order valence-electron chi connectivity index (χ1n) is 13.5. The van der Waals surface area contributed by atoms with Gasteiger partial charge in [-0.1, -0.05) is 0 Å². The van der Waals surface area contributed by atoms with Gasteiger partial charge < -0.3 is 34.8 Å². The molecule has 3 aliphatic rings. The smallest absolute Gasteiger partial charge is 0.475 e. The molecule has 0 bridgehead atoms. The zero-order chi connectivity index (χ0) is 35.4. The number of alkyl halides is 9. The summed E-state index contributed by atoms with van der Waals surface area (Å²) in [6.45, 7) is 9.95. The molecule has 3 fully saturated rings. The van der Waals surface area contributed by atoms with Gasteiger partial charge in [-0.15, -0.1) is 0 Å². The van der Waals surface area contributed by atoms with Gasteiger partial charge in [-0.2, -0.15) is 39.5 Å². The van der Waals surface area contributed by atoms with Crippen molar-refractivity contribution in [3.63, 3.8) is 0 Å². The first kappa shape index (κ1) is 42.1. The molecule has 0 aromatic carbocycles. The second kappa shape index (κ2) is 17.7. The molecule has 2 aliphatic heterocycles. The number of halogens is 9. The third-order valence-corrected chi connectivity index (χ3v) is 6.83. The van der Waals surface area contributed by atoms with E-state index in [0.29, 0.717) is 12.5 Å². The summed E-state index contributed by atoms with van der Waals surface area (Å²) in [5, 5.41) is 21.4. The standard InChI is InChI=1S/C19H35N3O2.3C2HF3O2/c1-4-24-18(23)19-8-5-9-21(12-16-6-7-16)13-17(19)14-22(15-19)11-10-20(2)3;3*3-2(4,5)1(6)7/h16-17H,4-15H2,1-3H3;3*(H,6,7)/t17-,19-;;;/m0.../s1. The molecule has 0 radical (unpaired) electrons. The molecule has 2 atom stereocenters. The van der Waals surface area contributed by atoms with Gasteiger partial charge in [-0.05, 0) is 59.2 Å². The van der Waals surface area contributed by atoms with Crippen molar-refractivity contribution >= 4 is 23.9 Å². The Morgan fingerprint density at radius 1 is 0.822 bits per heavy atom. The van der Waals surface area contributed by atoms with Gasteiger partial charge in [-0.3, -0.25) is 4.79 Å². The van der Waals surface area contributed by atoms with Gasteiger partial charge in [0.2, 0.25) is 0 Å². The highest BCUT2D eigenvalue weighted by Crippen LogP contribution is 2.44. The minimum absolute atomic E-state index is 0.0654. The van der Waals surface area contributed by atoms with Crippen LogP contribution in [-0.2, 0) is 23.9 Å². The molecule has 45 heavy (non-hydrogen) atoms. The Morgan fingerprint density at radius 2 is 1.24 bits per heavy atom. The SMILES string of the molecule is CCOC(=O)[C@]12CCCN(CC3CC3)C[C@H]1CN(CCN(C)C)C2.O=C(O)C(F)(F)F.O=C(O)C(F)(F)F.O=C(O)C(F)(F)F. The monoisotopic (exact) mass is 679 g/mol. The Balaban J connectivity index is 0.000000753. The summed E-state index contributed by atoms with van der Waals surface area (Å²) in [6.07, 6.45) is -10.3. The Labute approximate surface area is 252 Å². The molecule has 3 rings (SSSR count). The van der Waals surface area contributed by atoms with Crippen LogP contribution in [0.15, 0.2) is 0 Å².